The van der Waals surface area contributed by atoms with Crippen molar-refractivity contribution >= 4 is 0 Å². The van der Waals surface area contributed by atoms with Crippen LogP contribution in [0.2, 0.25) is 0 Å². The number of hydrogen-bond acceptors (Lipinski definition) is 1. The smallest absolute Gasteiger partial charge is 0.00696 e. The summed E-state index contributed by atoms with van der Waals surface area (Å²) in [7, 11) is 0. The Kier molecular flexibility index (Phi) is 12.5. The summed E-state index contributed by atoms with van der Waals surface area (Å²) in [6.07, 6.45) is 13.8. The van der Waals surface area contributed by atoms with Crippen LogP contribution >= 0.6 is 0 Å². The van der Waals surface area contributed by atoms with Crippen molar-refractivity contribution in [2.45, 2.75) is 112 Å². The summed E-state index contributed by atoms with van der Waals surface area (Å²) in [5, 5.41) is 3.79. The maximum Gasteiger partial charge on any atom is 0.00696 e. The lowest BCUT2D eigenvalue weighted by Gasteiger charge is -2.27. The van der Waals surface area contributed by atoms with E-state index in [1.54, 1.807) is 0 Å². The maximum atomic E-state index is 3.79. The van der Waals surface area contributed by atoms with Crippen molar-refractivity contribution in [2.75, 3.05) is 6.54 Å². The van der Waals surface area contributed by atoms with Gasteiger partial charge in [-0.15, -0.1) is 0 Å². The van der Waals surface area contributed by atoms with E-state index >= 15 is 0 Å². The molecule has 0 saturated heterocycles. The first-order chi connectivity index (χ1) is 9.89. The molecule has 1 heteroatoms. The number of nitrogens with one attached hydrogen (secondary N) is 1. The van der Waals surface area contributed by atoms with E-state index in [-0.39, 0.29) is 0 Å². The Morgan fingerprint density at radius 3 is 2.05 bits per heavy atom. The molecule has 0 fully saturated rings. The SMILES string of the molecule is CCCCCCCCC(CC(C)CC(C)(C)C)NCCC. The molecule has 0 aliphatic heterocycles. The Morgan fingerprint density at radius 1 is 0.857 bits per heavy atom. The summed E-state index contributed by atoms with van der Waals surface area (Å²) in [6.45, 7) is 15.3. The van der Waals surface area contributed by atoms with Crippen molar-refractivity contribution in [2.24, 2.45) is 11.3 Å². The molecule has 0 aliphatic carbocycles. The zero-order chi connectivity index (χ0) is 16.1. The van der Waals surface area contributed by atoms with Gasteiger partial charge in [-0.1, -0.05) is 80.1 Å². The molecular formula is C20H43N. The molecule has 0 aromatic carbocycles. The summed E-state index contributed by atoms with van der Waals surface area (Å²) in [5.41, 5.74) is 0.467. The van der Waals surface area contributed by atoms with Crippen LogP contribution in [0, 0.1) is 11.3 Å². The van der Waals surface area contributed by atoms with Crippen molar-refractivity contribution in [3.63, 3.8) is 0 Å². The van der Waals surface area contributed by atoms with Crippen molar-refractivity contribution < 1.29 is 0 Å². The van der Waals surface area contributed by atoms with Gasteiger partial charge in [-0.3, -0.25) is 0 Å². The quantitative estimate of drug-likeness (QED) is 0.379. The highest BCUT2D eigenvalue weighted by Crippen LogP contribution is 2.27. The number of unbranched alkanes of at least 4 members (excludes halogenated alkanes) is 5. The standard InChI is InChI=1S/C20H43N/c1-7-9-10-11-12-13-14-19(21-15-8-2)16-18(3)17-20(4,5)6/h18-19,21H,7-17H2,1-6H3. The van der Waals surface area contributed by atoms with Crippen LogP contribution in [-0.2, 0) is 0 Å². The molecule has 0 spiro atoms. The van der Waals surface area contributed by atoms with Crippen molar-refractivity contribution in [3.8, 4) is 0 Å². The van der Waals surface area contributed by atoms with E-state index in [9.17, 15) is 0 Å². The number of rotatable bonds is 13. The average molecular weight is 298 g/mol. The van der Waals surface area contributed by atoms with Gasteiger partial charge in [-0.05, 0) is 43.6 Å². The molecule has 0 rings (SSSR count). The first-order valence-electron chi connectivity index (χ1n) is 9.62. The fourth-order valence-corrected chi connectivity index (χ4v) is 3.44. The highest BCUT2D eigenvalue weighted by Gasteiger charge is 2.18. The predicted octanol–water partition coefficient (Wildman–Crippen LogP) is 6.57. The van der Waals surface area contributed by atoms with Gasteiger partial charge < -0.3 is 5.32 Å². The molecule has 128 valence electrons. The minimum Gasteiger partial charge on any atom is -0.314 e. The predicted molar refractivity (Wildman–Crippen MR) is 97.9 cm³/mol. The van der Waals surface area contributed by atoms with E-state index in [0.29, 0.717) is 5.41 Å². The van der Waals surface area contributed by atoms with Gasteiger partial charge in [0.2, 0.25) is 0 Å². The Labute approximate surface area is 135 Å². The van der Waals surface area contributed by atoms with E-state index in [1.165, 1.54) is 70.8 Å². The van der Waals surface area contributed by atoms with Gasteiger partial charge in [0.25, 0.3) is 0 Å². The number of hydrogen-bond donors (Lipinski definition) is 1. The maximum absolute atomic E-state index is 3.79. The molecule has 0 aromatic heterocycles. The van der Waals surface area contributed by atoms with E-state index in [4.69, 9.17) is 0 Å². The molecule has 21 heavy (non-hydrogen) atoms. The molecule has 1 N–H and O–H groups in total. The summed E-state index contributed by atoms with van der Waals surface area (Å²) >= 11 is 0. The van der Waals surface area contributed by atoms with Gasteiger partial charge in [0, 0.05) is 6.04 Å². The zero-order valence-corrected chi connectivity index (χ0v) is 15.9. The third-order valence-electron chi connectivity index (χ3n) is 4.24. The third-order valence-corrected chi connectivity index (χ3v) is 4.24. The zero-order valence-electron chi connectivity index (χ0n) is 15.9. The van der Waals surface area contributed by atoms with E-state index in [1.807, 2.05) is 0 Å². The molecular weight excluding hydrogens is 254 g/mol. The summed E-state index contributed by atoms with van der Waals surface area (Å²) in [4.78, 5) is 0. The van der Waals surface area contributed by atoms with Crippen molar-refractivity contribution in [1.29, 1.82) is 0 Å². The van der Waals surface area contributed by atoms with Crippen LogP contribution in [-0.4, -0.2) is 12.6 Å². The molecule has 0 bridgehead atoms. The molecule has 2 unspecified atom stereocenters. The van der Waals surface area contributed by atoms with Gasteiger partial charge in [0.05, 0.1) is 0 Å². The van der Waals surface area contributed by atoms with Crippen molar-refractivity contribution in [1.82, 2.24) is 5.32 Å². The minimum atomic E-state index is 0.467. The van der Waals surface area contributed by atoms with Crippen LogP contribution in [0.5, 0.6) is 0 Å². The molecule has 0 aliphatic rings. The topological polar surface area (TPSA) is 12.0 Å². The largest absolute Gasteiger partial charge is 0.314 e. The van der Waals surface area contributed by atoms with Gasteiger partial charge in [0.15, 0.2) is 0 Å². The molecule has 0 radical (unpaired) electrons. The van der Waals surface area contributed by atoms with Crippen LogP contribution < -0.4 is 5.32 Å². The Bertz CT molecular complexity index is 216. The third kappa shape index (κ3) is 14.7. The normalized spacial score (nSPS) is 15.1. The van der Waals surface area contributed by atoms with Gasteiger partial charge in [-0.25, -0.2) is 0 Å². The monoisotopic (exact) mass is 297 g/mol. The van der Waals surface area contributed by atoms with E-state index in [2.05, 4.69) is 46.9 Å². The van der Waals surface area contributed by atoms with Crippen molar-refractivity contribution in [3.05, 3.63) is 0 Å². The second-order valence-corrected chi connectivity index (χ2v) is 8.31. The molecule has 0 saturated carbocycles. The second-order valence-electron chi connectivity index (χ2n) is 8.31. The Morgan fingerprint density at radius 2 is 1.48 bits per heavy atom. The molecule has 1 nitrogen and oxygen atoms in total. The lowest BCUT2D eigenvalue weighted by atomic mass is 9.82. The summed E-state index contributed by atoms with van der Waals surface area (Å²) in [5.74, 6) is 0.833. The lowest BCUT2D eigenvalue weighted by molar-refractivity contribution is 0.268. The van der Waals surface area contributed by atoms with E-state index < -0.39 is 0 Å². The molecule has 0 amide bonds. The van der Waals surface area contributed by atoms with Crippen LogP contribution in [0.15, 0.2) is 0 Å². The highest BCUT2D eigenvalue weighted by molar-refractivity contribution is 4.74. The first kappa shape index (κ1) is 21.0. The highest BCUT2D eigenvalue weighted by atomic mass is 14.9. The lowest BCUT2D eigenvalue weighted by Crippen LogP contribution is -2.32. The summed E-state index contributed by atoms with van der Waals surface area (Å²) in [6, 6.07) is 0.744. The fourth-order valence-electron chi connectivity index (χ4n) is 3.44. The van der Waals surface area contributed by atoms with E-state index in [0.717, 1.165) is 12.0 Å². The average Bonchev–Trinajstić information content (AvgIpc) is 2.37. The summed E-state index contributed by atoms with van der Waals surface area (Å²) < 4.78 is 0. The minimum absolute atomic E-state index is 0.467. The Balaban J connectivity index is 3.96. The molecule has 0 aromatic rings. The fraction of sp³-hybridized carbons (Fsp3) is 1.00. The van der Waals surface area contributed by atoms with Crippen LogP contribution in [0.1, 0.15) is 106 Å². The van der Waals surface area contributed by atoms with Crippen LogP contribution in [0.3, 0.4) is 0 Å². The van der Waals surface area contributed by atoms with Crippen LogP contribution in [0.4, 0.5) is 0 Å². The molecule has 0 heterocycles. The molecule has 2 atom stereocenters. The van der Waals surface area contributed by atoms with Gasteiger partial charge >= 0.3 is 0 Å². The van der Waals surface area contributed by atoms with Gasteiger partial charge in [0.1, 0.15) is 0 Å². The van der Waals surface area contributed by atoms with Crippen LogP contribution in [0.25, 0.3) is 0 Å². The Hall–Kier alpha value is -0.0400. The first-order valence-corrected chi connectivity index (χ1v) is 9.62. The van der Waals surface area contributed by atoms with Gasteiger partial charge in [-0.2, -0.15) is 0 Å². The second kappa shape index (κ2) is 12.5.